The molecule has 2 aliphatic rings. The maximum absolute atomic E-state index is 11.8. The van der Waals surface area contributed by atoms with Crippen molar-refractivity contribution < 1.29 is 4.79 Å². The standard InChI is InChI=1S/C12H17NO/c1-7-5-10-6-13(4)12(14)11(10)9(3)8(7)2/h5,7-8H,6H2,1-4H3. The first-order valence-electron chi connectivity index (χ1n) is 5.19. The van der Waals surface area contributed by atoms with E-state index in [2.05, 4.69) is 26.8 Å². The molecule has 0 saturated carbocycles. The largest absolute Gasteiger partial charge is 0.337 e. The molecule has 0 aromatic heterocycles. The molecule has 1 amide bonds. The summed E-state index contributed by atoms with van der Waals surface area (Å²) in [4.78, 5) is 13.6. The van der Waals surface area contributed by atoms with Gasteiger partial charge in [-0.05, 0) is 24.3 Å². The van der Waals surface area contributed by atoms with Gasteiger partial charge in [0.15, 0.2) is 0 Å². The van der Waals surface area contributed by atoms with Gasteiger partial charge in [-0.15, -0.1) is 0 Å². The van der Waals surface area contributed by atoms with Crippen LogP contribution >= 0.6 is 0 Å². The van der Waals surface area contributed by atoms with Crippen LogP contribution in [0.1, 0.15) is 20.8 Å². The minimum absolute atomic E-state index is 0.201. The number of likely N-dealkylation sites (N-methyl/N-ethyl adjacent to an activating group) is 1. The smallest absolute Gasteiger partial charge is 0.254 e. The molecule has 14 heavy (non-hydrogen) atoms. The van der Waals surface area contributed by atoms with Gasteiger partial charge in [0.1, 0.15) is 0 Å². The quantitative estimate of drug-likeness (QED) is 0.573. The Hall–Kier alpha value is -1.05. The number of allylic oxidation sites excluding steroid dienone is 2. The highest BCUT2D eigenvalue weighted by molar-refractivity contribution is 6.02. The lowest BCUT2D eigenvalue weighted by atomic mass is 9.79. The van der Waals surface area contributed by atoms with Crippen LogP contribution in [-0.2, 0) is 4.79 Å². The number of rotatable bonds is 0. The van der Waals surface area contributed by atoms with Crippen LogP contribution in [0.2, 0.25) is 0 Å². The van der Waals surface area contributed by atoms with Gasteiger partial charge in [0.25, 0.3) is 5.91 Å². The van der Waals surface area contributed by atoms with Gasteiger partial charge in [0.2, 0.25) is 0 Å². The maximum Gasteiger partial charge on any atom is 0.254 e. The van der Waals surface area contributed by atoms with E-state index in [1.807, 2.05) is 7.05 Å². The molecule has 0 aromatic rings. The zero-order chi connectivity index (χ0) is 10.5. The second kappa shape index (κ2) is 2.97. The molecule has 0 bridgehead atoms. The fourth-order valence-corrected chi connectivity index (χ4v) is 2.38. The molecule has 0 spiro atoms. The van der Waals surface area contributed by atoms with Crippen molar-refractivity contribution in [1.82, 2.24) is 4.90 Å². The zero-order valence-corrected chi connectivity index (χ0v) is 9.29. The summed E-state index contributed by atoms with van der Waals surface area (Å²) >= 11 is 0. The summed E-state index contributed by atoms with van der Waals surface area (Å²) in [7, 11) is 1.87. The normalized spacial score (nSPS) is 32.1. The van der Waals surface area contributed by atoms with Crippen LogP contribution in [0.5, 0.6) is 0 Å². The molecule has 2 unspecified atom stereocenters. The Labute approximate surface area is 85.3 Å². The van der Waals surface area contributed by atoms with Crippen molar-refractivity contribution in [3.05, 3.63) is 22.8 Å². The van der Waals surface area contributed by atoms with Gasteiger partial charge in [0, 0.05) is 19.2 Å². The van der Waals surface area contributed by atoms with Crippen LogP contribution < -0.4 is 0 Å². The van der Waals surface area contributed by atoms with Gasteiger partial charge < -0.3 is 4.90 Å². The van der Waals surface area contributed by atoms with Crippen LogP contribution in [0.25, 0.3) is 0 Å². The van der Waals surface area contributed by atoms with Crippen LogP contribution in [0.15, 0.2) is 22.8 Å². The fraction of sp³-hybridized carbons (Fsp3) is 0.583. The Morgan fingerprint density at radius 2 is 2.07 bits per heavy atom. The van der Waals surface area contributed by atoms with Gasteiger partial charge in [-0.2, -0.15) is 0 Å². The van der Waals surface area contributed by atoms with Crippen LogP contribution in [0.4, 0.5) is 0 Å². The van der Waals surface area contributed by atoms with Gasteiger partial charge in [-0.25, -0.2) is 0 Å². The van der Waals surface area contributed by atoms with Crippen molar-refractivity contribution >= 4 is 5.91 Å². The summed E-state index contributed by atoms with van der Waals surface area (Å²) in [6, 6.07) is 0. The Balaban J connectivity index is 2.50. The molecule has 0 radical (unpaired) electrons. The second-order valence-electron chi connectivity index (χ2n) is 4.56. The highest BCUT2D eigenvalue weighted by Gasteiger charge is 2.34. The molecule has 2 rings (SSSR count). The van der Waals surface area contributed by atoms with E-state index < -0.39 is 0 Å². The van der Waals surface area contributed by atoms with Crippen molar-refractivity contribution in [3.63, 3.8) is 0 Å². The van der Waals surface area contributed by atoms with Crippen molar-refractivity contribution in [2.24, 2.45) is 11.8 Å². The molecule has 2 heteroatoms. The van der Waals surface area contributed by atoms with Gasteiger partial charge >= 0.3 is 0 Å². The van der Waals surface area contributed by atoms with Crippen molar-refractivity contribution in [3.8, 4) is 0 Å². The summed E-state index contributed by atoms with van der Waals surface area (Å²) in [6.07, 6.45) is 2.26. The Kier molecular flexibility index (Phi) is 2.02. The molecule has 1 fully saturated rings. The minimum Gasteiger partial charge on any atom is -0.337 e. The molecule has 0 N–H and O–H groups in total. The van der Waals surface area contributed by atoms with Crippen molar-refractivity contribution in [2.45, 2.75) is 20.8 Å². The molecule has 1 saturated heterocycles. The maximum atomic E-state index is 11.8. The zero-order valence-electron chi connectivity index (χ0n) is 9.29. The number of hydrogen-bond acceptors (Lipinski definition) is 1. The third-order valence-corrected chi connectivity index (χ3v) is 3.62. The molecule has 2 nitrogen and oxygen atoms in total. The Morgan fingerprint density at radius 1 is 1.43 bits per heavy atom. The molecular weight excluding hydrogens is 174 g/mol. The number of carbonyl (C=O) groups is 1. The van der Waals surface area contributed by atoms with Crippen LogP contribution in [0.3, 0.4) is 0 Å². The van der Waals surface area contributed by atoms with E-state index in [0.717, 1.165) is 12.1 Å². The molecule has 2 atom stereocenters. The summed E-state index contributed by atoms with van der Waals surface area (Å²) in [5.41, 5.74) is 3.49. The topological polar surface area (TPSA) is 20.3 Å². The fourth-order valence-electron chi connectivity index (χ4n) is 2.38. The van der Waals surface area contributed by atoms with E-state index >= 15 is 0 Å². The highest BCUT2D eigenvalue weighted by Crippen LogP contribution is 2.37. The number of nitrogens with zero attached hydrogens (tertiary/aromatic N) is 1. The SMILES string of the molecule is CC1=C2C(=O)N(C)CC2=CC(C)C1C. The summed E-state index contributed by atoms with van der Waals surface area (Å²) in [5.74, 6) is 1.27. The minimum atomic E-state index is 0.201. The third kappa shape index (κ3) is 1.13. The molecule has 1 aliphatic carbocycles. The lowest BCUT2D eigenvalue weighted by Gasteiger charge is -2.24. The van der Waals surface area contributed by atoms with Gasteiger partial charge in [0.05, 0.1) is 0 Å². The predicted molar refractivity (Wildman–Crippen MR) is 56.7 cm³/mol. The number of hydrogen-bond donors (Lipinski definition) is 0. The summed E-state index contributed by atoms with van der Waals surface area (Å²) in [5, 5.41) is 0. The second-order valence-corrected chi connectivity index (χ2v) is 4.56. The Bertz CT molecular complexity index is 351. The molecule has 76 valence electrons. The first kappa shape index (κ1) is 9.50. The molecule has 1 heterocycles. The average Bonchev–Trinajstić information content (AvgIpc) is 2.39. The van der Waals surface area contributed by atoms with E-state index in [-0.39, 0.29) is 5.91 Å². The number of carbonyl (C=O) groups excluding carboxylic acids is 1. The predicted octanol–water partition coefficient (Wildman–Crippen LogP) is 1.99. The van der Waals surface area contributed by atoms with Crippen LogP contribution in [0, 0.1) is 11.8 Å². The number of amides is 1. The number of likely N-dealkylation sites (tertiary alicyclic amines) is 1. The summed E-state index contributed by atoms with van der Waals surface area (Å²) < 4.78 is 0. The van der Waals surface area contributed by atoms with E-state index in [1.54, 1.807) is 4.90 Å². The van der Waals surface area contributed by atoms with E-state index in [1.165, 1.54) is 11.1 Å². The van der Waals surface area contributed by atoms with Gasteiger partial charge in [-0.3, -0.25) is 4.79 Å². The lowest BCUT2D eigenvalue weighted by molar-refractivity contribution is -0.123. The van der Waals surface area contributed by atoms with Crippen molar-refractivity contribution in [1.29, 1.82) is 0 Å². The third-order valence-electron chi connectivity index (χ3n) is 3.62. The number of fused-ring (bicyclic) bond motifs is 1. The highest BCUT2D eigenvalue weighted by atomic mass is 16.2. The monoisotopic (exact) mass is 191 g/mol. The van der Waals surface area contributed by atoms with E-state index in [4.69, 9.17) is 0 Å². The molecular formula is C12H17NO. The summed E-state index contributed by atoms with van der Waals surface area (Å²) in [6.45, 7) is 7.32. The first-order chi connectivity index (χ1) is 6.52. The van der Waals surface area contributed by atoms with Crippen LogP contribution in [-0.4, -0.2) is 24.4 Å². The lowest BCUT2D eigenvalue weighted by Crippen LogP contribution is -2.20. The average molecular weight is 191 g/mol. The van der Waals surface area contributed by atoms with E-state index in [9.17, 15) is 4.79 Å². The first-order valence-corrected chi connectivity index (χ1v) is 5.19. The molecule has 0 aromatic carbocycles. The molecule has 1 aliphatic heterocycles. The van der Waals surface area contributed by atoms with E-state index in [0.29, 0.717) is 11.8 Å². The van der Waals surface area contributed by atoms with Gasteiger partial charge in [-0.1, -0.05) is 25.5 Å². The Morgan fingerprint density at radius 3 is 2.71 bits per heavy atom. The van der Waals surface area contributed by atoms with Crippen molar-refractivity contribution in [2.75, 3.05) is 13.6 Å².